The minimum Gasteiger partial charge on any atom is -0.294 e. The second-order valence-electron chi connectivity index (χ2n) is 4.32. The number of aromatic nitrogens is 2. The number of benzene rings is 1. The fourth-order valence-corrected chi connectivity index (χ4v) is 2.95. The Morgan fingerprint density at radius 2 is 2.16 bits per heavy atom. The highest BCUT2D eigenvalue weighted by molar-refractivity contribution is 14.1. The predicted octanol–water partition coefficient (Wildman–Crippen LogP) is 4.00. The zero-order chi connectivity index (χ0) is 14.0. The number of nitrogens with zero attached hydrogens (tertiary/aromatic N) is 2. The number of Topliss-reactive ketones (excluding diaryl/α,β-unsaturated/α-hetero) is 1. The Morgan fingerprint density at radius 1 is 1.42 bits per heavy atom. The van der Waals surface area contributed by atoms with E-state index in [4.69, 9.17) is 0 Å². The summed E-state index contributed by atoms with van der Waals surface area (Å²) in [5.74, 6) is 0.111. The highest BCUT2D eigenvalue weighted by atomic mass is 127. The van der Waals surface area contributed by atoms with Crippen LogP contribution >= 0.6 is 38.5 Å². The van der Waals surface area contributed by atoms with E-state index in [0.717, 1.165) is 31.5 Å². The number of carbonyl (C=O) groups is 1. The second kappa shape index (κ2) is 6.17. The lowest BCUT2D eigenvalue weighted by atomic mass is 10.1. The van der Waals surface area contributed by atoms with Crippen LogP contribution in [0.25, 0.3) is 0 Å². The van der Waals surface area contributed by atoms with E-state index in [1.165, 1.54) is 0 Å². The largest absolute Gasteiger partial charge is 0.294 e. The molecule has 0 aliphatic heterocycles. The highest BCUT2D eigenvalue weighted by Gasteiger charge is 2.14. The first-order chi connectivity index (χ1) is 9.01. The van der Waals surface area contributed by atoms with Crippen LogP contribution in [-0.4, -0.2) is 15.6 Å². The molecule has 0 aliphatic carbocycles. The fraction of sp³-hybridized carbons (Fsp3) is 0.286. The molecule has 0 fully saturated rings. The minimum absolute atomic E-state index is 0.111. The number of rotatable bonds is 4. The van der Waals surface area contributed by atoms with Gasteiger partial charge < -0.3 is 0 Å². The molecule has 3 nitrogen and oxygen atoms in total. The average molecular weight is 433 g/mol. The summed E-state index contributed by atoms with van der Waals surface area (Å²) in [5, 5.41) is 4.37. The molecule has 0 N–H and O–H groups in total. The van der Waals surface area contributed by atoms with E-state index in [-0.39, 0.29) is 5.78 Å². The van der Waals surface area contributed by atoms with Crippen LogP contribution in [0.3, 0.4) is 0 Å². The molecule has 0 radical (unpaired) electrons. The van der Waals surface area contributed by atoms with E-state index in [2.05, 4.69) is 43.6 Å². The maximum absolute atomic E-state index is 12.4. The van der Waals surface area contributed by atoms with Crippen molar-refractivity contribution in [3.63, 3.8) is 0 Å². The Hall–Kier alpha value is -0.690. The molecular weight excluding hydrogens is 419 g/mol. The predicted molar refractivity (Wildman–Crippen MR) is 87.5 cm³/mol. The van der Waals surface area contributed by atoms with Gasteiger partial charge in [-0.2, -0.15) is 5.10 Å². The van der Waals surface area contributed by atoms with Gasteiger partial charge in [-0.15, -0.1) is 0 Å². The second-order valence-corrected chi connectivity index (χ2v) is 6.42. The first-order valence-electron chi connectivity index (χ1n) is 6.03. The molecule has 2 aromatic rings. The summed E-state index contributed by atoms with van der Waals surface area (Å²) >= 11 is 5.65. The van der Waals surface area contributed by atoms with Gasteiger partial charge in [-0.25, -0.2) is 0 Å². The molecule has 1 heterocycles. The lowest BCUT2D eigenvalue weighted by Crippen LogP contribution is -2.10. The summed E-state index contributed by atoms with van der Waals surface area (Å²) in [4.78, 5) is 12.4. The van der Waals surface area contributed by atoms with Crippen LogP contribution in [0.2, 0.25) is 0 Å². The molecule has 100 valence electrons. The number of aryl methyl sites for hydroxylation is 2. The molecule has 1 aromatic heterocycles. The van der Waals surface area contributed by atoms with Crippen LogP contribution in [0.1, 0.15) is 28.7 Å². The fourth-order valence-electron chi connectivity index (χ4n) is 1.99. The quantitative estimate of drug-likeness (QED) is 0.540. The highest BCUT2D eigenvalue weighted by Crippen LogP contribution is 2.21. The number of hydrogen-bond acceptors (Lipinski definition) is 2. The van der Waals surface area contributed by atoms with Crippen molar-refractivity contribution in [2.45, 2.75) is 26.8 Å². The van der Waals surface area contributed by atoms with Crippen molar-refractivity contribution in [2.75, 3.05) is 0 Å². The van der Waals surface area contributed by atoms with Gasteiger partial charge in [-0.05, 0) is 60.7 Å². The van der Waals surface area contributed by atoms with Crippen LogP contribution in [0.5, 0.6) is 0 Å². The van der Waals surface area contributed by atoms with E-state index < -0.39 is 0 Å². The Morgan fingerprint density at radius 3 is 2.84 bits per heavy atom. The van der Waals surface area contributed by atoms with Gasteiger partial charge in [0.15, 0.2) is 5.78 Å². The Labute approximate surface area is 134 Å². The molecule has 0 saturated carbocycles. The van der Waals surface area contributed by atoms with E-state index in [9.17, 15) is 4.79 Å². The number of ketones is 1. The van der Waals surface area contributed by atoms with Crippen LogP contribution in [0.15, 0.2) is 28.7 Å². The van der Waals surface area contributed by atoms with Gasteiger partial charge in [0.2, 0.25) is 0 Å². The maximum Gasteiger partial charge on any atom is 0.169 e. The Balaban J connectivity index is 2.27. The molecule has 0 bridgehead atoms. The number of hydrogen-bond donors (Lipinski definition) is 0. The van der Waals surface area contributed by atoms with Crippen LogP contribution < -0.4 is 0 Å². The number of halogens is 2. The smallest absolute Gasteiger partial charge is 0.169 e. The third-order valence-corrected chi connectivity index (χ3v) is 4.22. The molecule has 19 heavy (non-hydrogen) atoms. The molecule has 0 aliphatic rings. The summed E-state index contributed by atoms with van der Waals surface area (Å²) in [5.41, 5.74) is 2.65. The Bertz CT molecular complexity index is 622. The molecule has 0 unspecified atom stereocenters. The van der Waals surface area contributed by atoms with Gasteiger partial charge in [0.25, 0.3) is 0 Å². The molecule has 5 heteroatoms. The van der Waals surface area contributed by atoms with Gasteiger partial charge in [-0.1, -0.05) is 15.9 Å². The zero-order valence-corrected chi connectivity index (χ0v) is 14.5. The third-order valence-electron chi connectivity index (χ3n) is 2.86. The molecule has 0 saturated heterocycles. The van der Waals surface area contributed by atoms with Crippen molar-refractivity contribution >= 4 is 44.3 Å². The lowest BCUT2D eigenvalue weighted by Gasteiger charge is -2.06. The van der Waals surface area contributed by atoms with Gasteiger partial charge in [0, 0.05) is 25.8 Å². The van der Waals surface area contributed by atoms with Gasteiger partial charge in [0.05, 0.1) is 12.1 Å². The average Bonchev–Trinajstić information content (AvgIpc) is 2.72. The lowest BCUT2D eigenvalue weighted by molar-refractivity contribution is 0.0989. The van der Waals surface area contributed by atoms with Crippen LogP contribution in [-0.2, 0) is 13.0 Å². The van der Waals surface area contributed by atoms with Gasteiger partial charge in [-0.3, -0.25) is 9.48 Å². The standard InChI is InChI=1S/C14H14BrIN2O/c1-3-18-11(6-9(2)17-18)8-14(19)12-7-10(16)4-5-13(12)15/h4-7H,3,8H2,1-2H3. The van der Waals surface area contributed by atoms with Crippen molar-refractivity contribution < 1.29 is 4.79 Å². The van der Waals surface area contributed by atoms with Gasteiger partial charge in [0.1, 0.15) is 0 Å². The summed E-state index contributed by atoms with van der Waals surface area (Å²) in [6.07, 6.45) is 0.382. The minimum atomic E-state index is 0.111. The van der Waals surface area contributed by atoms with E-state index in [0.29, 0.717) is 6.42 Å². The zero-order valence-electron chi connectivity index (χ0n) is 10.8. The molecule has 2 rings (SSSR count). The van der Waals surface area contributed by atoms with Crippen LogP contribution in [0, 0.1) is 10.5 Å². The summed E-state index contributed by atoms with van der Waals surface area (Å²) in [7, 11) is 0. The van der Waals surface area contributed by atoms with Crippen molar-refractivity contribution in [2.24, 2.45) is 0 Å². The molecular formula is C14H14BrIN2O. The van der Waals surface area contributed by atoms with E-state index in [1.54, 1.807) is 0 Å². The van der Waals surface area contributed by atoms with Gasteiger partial charge >= 0.3 is 0 Å². The first kappa shape index (κ1) is 14.7. The van der Waals surface area contributed by atoms with Crippen molar-refractivity contribution in [1.82, 2.24) is 9.78 Å². The molecule has 0 amide bonds. The first-order valence-corrected chi connectivity index (χ1v) is 7.90. The van der Waals surface area contributed by atoms with Crippen LogP contribution in [0.4, 0.5) is 0 Å². The summed E-state index contributed by atoms with van der Waals surface area (Å²) < 4.78 is 3.79. The summed E-state index contributed by atoms with van der Waals surface area (Å²) in [6, 6.07) is 7.77. The monoisotopic (exact) mass is 432 g/mol. The van der Waals surface area contributed by atoms with E-state index >= 15 is 0 Å². The number of carbonyl (C=O) groups excluding carboxylic acids is 1. The van der Waals surface area contributed by atoms with Crippen molar-refractivity contribution in [3.8, 4) is 0 Å². The molecule has 0 spiro atoms. The summed E-state index contributed by atoms with van der Waals surface area (Å²) in [6.45, 7) is 4.76. The normalized spacial score (nSPS) is 10.7. The Kier molecular flexibility index (Phi) is 4.78. The maximum atomic E-state index is 12.4. The molecule has 1 aromatic carbocycles. The third kappa shape index (κ3) is 3.45. The SMILES string of the molecule is CCn1nc(C)cc1CC(=O)c1cc(I)ccc1Br. The molecule has 0 atom stereocenters. The van der Waals surface area contributed by atoms with Crippen molar-refractivity contribution in [1.29, 1.82) is 0 Å². The topological polar surface area (TPSA) is 34.9 Å². The van der Waals surface area contributed by atoms with Crippen molar-refractivity contribution in [3.05, 3.63) is 49.3 Å². The van der Waals surface area contributed by atoms with E-state index in [1.807, 2.05) is 42.8 Å².